The first-order valence-electron chi connectivity index (χ1n) is 7.24. The van der Waals surface area contributed by atoms with E-state index in [1.54, 1.807) is 18.3 Å². The minimum Gasteiger partial charge on any atom is -0.313 e. The molecule has 0 saturated carbocycles. The van der Waals surface area contributed by atoms with E-state index >= 15 is 0 Å². The summed E-state index contributed by atoms with van der Waals surface area (Å²) in [6.07, 6.45) is 6.44. The van der Waals surface area contributed by atoms with E-state index in [-0.39, 0.29) is 11.9 Å². The second kappa shape index (κ2) is 8.25. The van der Waals surface area contributed by atoms with Crippen LogP contribution in [-0.4, -0.2) is 17.6 Å². The molecule has 0 radical (unpaired) electrons. The molecule has 0 spiro atoms. The monoisotopic (exact) mass is 350 g/mol. The molecule has 1 aromatic heterocycles. The van der Waals surface area contributed by atoms with Crippen molar-refractivity contribution in [2.24, 2.45) is 0 Å². The lowest BCUT2D eigenvalue weighted by Gasteiger charge is -2.19. The van der Waals surface area contributed by atoms with Crippen LogP contribution in [0.4, 0.5) is 4.39 Å². The quantitative estimate of drug-likeness (QED) is 0.811. The largest absolute Gasteiger partial charge is 0.313 e. The van der Waals surface area contributed by atoms with Gasteiger partial charge in [-0.2, -0.15) is 0 Å². The van der Waals surface area contributed by atoms with Gasteiger partial charge in [0.25, 0.3) is 0 Å². The number of nitrogens with zero attached hydrogens (tertiary/aromatic N) is 1. The standard InChI is InChI=1S/C17H20BrFN2/c1-2-6-21-17(9-13-4-3-5-16(19)8-13)10-14-7-15(18)12-20-11-14/h3-5,7-8,11-12,17,21H,2,6,9-10H2,1H3. The molecule has 4 heteroatoms. The summed E-state index contributed by atoms with van der Waals surface area (Å²) in [6.45, 7) is 3.11. The molecule has 112 valence electrons. The second-order valence-electron chi connectivity index (χ2n) is 5.20. The van der Waals surface area contributed by atoms with Gasteiger partial charge in [0, 0.05) is 22.9 Å². The van der Waals surface area contributed by atoms with E-state index < -0.39 is 0 Å². The van der Waals surface area contributed by atoms with Crippen LogP contribution in [-0.2, 0) is 12.8 Å². The molecule has 0 aliphatic heterocycles. The molecule has 1 heterocycles. The summed E-state index contributed by atoms with van der Waals surface area (Å²) in [5.74, 6) is -0.175. The van der Waals surface area contributed by atoms with Crippen LogP contribution >= 0.6 is 15.9 Å². The normalized spacial score (nSPS) is 12.3. The topological polar surface area (TPSA) is 24.9 Å². The zero-order valence-electron chi connectivity index (χ0n) is 12.2. The van der Waals surface area contributed by atoms with E-state index in [1.807, 2.05) is 12.3 Å². The van der Waals surface area contributed by atoms with Gasteiger partial charge in [-0.25, -0.2) is 4.39 Å². The van der Waals surface area contributed by atoms with Crippen LogP contribution in [0, 0.1) is 5.82 Å². The van der Waals surface area contributed by atoms with Crippen LogP contribution < -0.4 is 5.32 Å². The maximum atomic E-state index is 13.3. The first-order valence-corrected chi connectivity index (χ1v) is 8.04. The summed E-state index contributed by atoms with van der Waals surface area (Å²) in [5, 5.41) is 3.54. The highest BCUT2D eigenvalue weighted by molar-refractivity contribution is 9.10. The fourth-order valence-corrected chi connectivity index (χ4v) is 2.78. The zero-order chi connectivity index (χ0) is 15.1. The summed E-state index contributed by atoms with van der Waals surface area (Å²) >= 11 is 3.45. The SMILES string of the molecule is CCCNC(Cc1cccc(F)c1)Cc1cncc(Br)c1. The van der Waals surface area contributed by atoms with Crippen LogP contribution in [0.3, 0.4) is 0 Å². The van der Waals surface area contributed by atoms with Gasteiger partial charge in [-0.05, 0) is 71.1 Å². The molecule has 1 unspecified atom stereocenters. The Balaban J connectivity index is 2.06. The molecule has 2 rings (SSSR count). The van der Waals surface area contributed by atoms with Crippen LogP contribution in [0.25, 0.3) is 0 Å². The van der Waals surface area contributed by atoms with Gasteiger partial charge in [-0.1, -0.05) is 19.1 Å². The van der Waals surface area contributed by atoms with Crippen molar-refractivity contribution in [3.63, 3.8) is 0 Å². The Morgan fingerprint density at radius 2 is 2.00 bits per heavy atom. The minimum absolute atomic E-state index is 0.175. The van der Waals surface area contributed by atoms with Crippen molar-refractivity contribution in [1.82, 2.24) is 10.3 Å². The third-order valence-electron chi connectivity index (χ3n) is 3.30. The Morgan fingerprint density at radius 3 is 2.71 bits per heavy atom. The Bertz CT molecular complexity index is 527. The fourth-order valence-electron chi connectivity index (χ4n) is 2.37. The van der Waals surface area contributed by atoms with Gasteiger partial charge in [0.1, 0.15) is 5.82 Å². The second-order valence-corrected chi connectivity index (χ2v) is 6.12. The third-order valence-corrected chi connectivity index (χ3v) is 3.73. The van der Waals surface area contributed by atoms with E-state index in [4.69, 9.17) is 0 Å². The van der Waals surface area contributed by atoms with Crippen LogP contribution in [0.15, 0.2) is 47.2 Å². The number of hydrogen-bond acceptors (Lipinski definition) is 2. The molecule has 0 bridgehead atoms. The Hall–Kier alpha value is -1.26. The molecule has 2 nitrogen and oxygen atoms in total. The van der Waals surface area contributed by atoms with E-state index in [2.05, 4.69) is 39.2 Å². The van der Waals surface area contributed by atoms with Crippen LogP contribution in [0.1, 0.15) is 24.5 Å². The van der Waals surface area contributed by atoms with Crippen molar-refractivity contribution in [3.8, 4) is 0 Å². The molecule has 0 saturated heterocycles. The lowest BCUT2D eigenvalue weighted by molar-refractivity contribution is 0.502. The summed E-state index contributed by atoms with van der Waals surface area (Å²) in [5.41, 5.74) is 2.20. The number of halogens is 2. The Kier molecular flexibility index (Phi) is 6.33. The van der Waals surface area contributed by atoms with E-state index in [0.717, 1.165) is 35.8 Å². The Labute approximate surface area is 133 Å². The average molecular weight is 351 g/mol. The Morgan fingerprint density at radius 1 is 1.19 bits per heavy atom. The smallest absolute Gasteiger partial charge is 0.123 e. The summed E-state index contributed by atoms with van der Waals surface area (Å²) < 4.78 is 14.3. The van der Waals surface area contributed by atoms with Gasteiger partial charge in [0.2, 0.25) is 0 Å². The van der Waals surface area contributed by atoms with E-state index in [1.165, 1.54) is 11.6 Å². The van der Waals surface area contributed by atoms with E-state index in [9.17, 15) is 4.39 Å². The van der Waals surface area contributed by atoms with Crippen molar-refractivity contribution < 1.29 is 4.39 Å². The molecule has 1 atom stereocenters. The van der Waals surface area contributed by atoms with Gasteiger partial charge in [-0.15, -0.1) is 0 Å². The number of hydrogen-bond donors (Lipinski definition) is 1. The first kappa shape index (κ1) is 16.1. The number of benzene rings is 1. The highest BCUT2D eigenvalue weighted by Gasteiger charge is 2.11. The first-order chi connectivity index (χ1) is 10.2. The molecule has 0 fully saturated rings. The van der Waals surface area contributed by atoms with Gasteiger partial charge in [0.15, 0.2) is 0 Å². The lowest BCUT2D eigenvalue weighted by atomic mass is 9.99. The predicted molar refractivity (Wildman–Crippen MR) is 87.8 cm³/mol. The third kappa shape index (κ3) is 5.56. The molecule has 21 heavy (non-hydrogen) atoms. The van der Waals surface area contributed by atoms with Crippen molar-refractivity contribution in [3.05, 3.63) is 64.1 Å². The lowest BCUT2D eigenvalue weighted by Crippen LogP contribution is -2.33. The molecule has 1 aromatic carbocycles. The van der Waals surface area contributed by atoms with Gasteiger partial charge in [0.05, 0.1) is 0 Å². The maximum absolute atomic E-state index is 13.3. The summed E-state index contributed by atoms with van der Waals surface area (Å²) in [6, 6.07) is 9.20. The molecule has 0 aliphatic carbocycles. The molecule has 0 aliphatic rings. The van der Waals surface area contributed by atoms with Crippen molar-refractivity contribution in [2.75, 3.05) is 6.54 Å². The highest BCUT2D eigenvalue weighted by Crippen LogP contribution is 2.14. The van der Waals surface area contributed by atoms with Crippen molar-refractivity contribution >= 4 is 15.9 Å². The molecule has 2 aromatic rings. The average Bonchev–Trinajstić information content (AvgIpc) is 2.45. The summed E-state index contributed by atoms with van der Waals surface area (Å²) in [4.78, 5) is 4.20. The predicted octanol–water partition coefficient (Wildman–Crippen LogP) is 4.14. The fraction of sp³-hybridized carbons (Fsp3) is 0.353. The van der Waals surface area contributed by atoms with Gasteiger partial charge >= 0.3 is 0 Å². The number of nitrogens with one attached hydrogen (secondary N) is 1. The molecular formula is C17H20BrFN2. The summed E-state index contributed by atoms with van der Waals surface area (Å²) in [7, 11) is 0. The number of rotatable bonds is 7. The molecular weight excluding hydrogens is 331 g/mol. The molecule has 0 amide bonds. The van der Waals surface area contributed by atoms with Crippen LogP contribution in [0.2, 0.25) is 0 Å². The number of pyridine rings is 1. The van der Waals surface area contributed by atoms with Crippen molar-refractivity contribution in [1.29, 1.82) is 0 Å². The number of aromatic nitrogens is 1. The van der Waals surface area contributed by atoms with E-state index in [0.29, 0.717) is 0 Å². The minimum atomic E-state index is -0.175. The van der Waals surface area contributed by atoms with Crippen molar-refractivity contribution in [2.45, 2.75) is 32.2 Å². The van der Waals surface area contributed by atoms with Gasteiger partial charge in [-0.3, -0.25) is 4.98 Å². The maximum Gasteiger partial charge on any atom is 0.123 e. The van der Waals surface area contributed by atoms with Gasteiger partial charge < -0.3 is 5.32 Å². The molecule has 1 N–H and O–H groups in total. The highest BCUT2D eigenvalue weighted by atomic mass is 79.9. The van der Waals surface area contributed by atoms with Crippen LogP contribution in [0.5, 0.6) is 0 Å². The zero-order valence-corrected chi connectivity index (χ0v) is 13.7.